The van der Waals surface area contributed by atoms with Gasteiger partial charge in [0.1, 0.15) is 6.42 Å². The van der Waals surface area contributed by atoms with Gasteiger partial charge in [0.05, 0.1) is 7.11 Å². The number of aromatic nitrogens is 1. The maximum absolute atomic E-state index is 11.3. The number of methoxy groups -OCH3 is 1. The van der Waals surface area contributed by atoms with E-state index in [1.54, 1.807) is 12.3 Å². The van der Waals surface area contributed by atoms with Gasteiger partial charge in [0.15, 0.2) is 5.01 Å². The van der Waals surface area contributed by atoms with E-state index in [1.165, 1.54) is 18.4 Å². The zero-order valence-electron chi connectivity index (χ0n) is 7.36. The van der Waals surface area contributed by atoms with E-state index in [9.17, 15) is 9.59 Å². The van der Waals surface area contributed by atoms with Crippen molar-refractivity contribution in [3.63, 3.8) is 0 Å². The number of carbonyl (C=O) groups excluding carboxylic acids is 2. The predicted molar refractivity (Wildman–Crippen MR) is 47.8 cm³/mol. The number of rotatable bonds is 3. The van der Waals surface area contributed by atoms with Crippen molar-refractivity contribution >= 4 is 23.1 Å². The molecule has 0 fully saturated rings. The molecule has 1 aromatic rings. The number of nitrogens with zero attached hydrogens (tertiary/aromatic N) is 1. The third-order valence-electron chi connectivity index (χ3n) is 1.39. The molecule has 0 N–H and O–H groups in total. The van der Waals surface area contributed by atoms with Crippen LogP contribution in [-0.4, -0.2) is 23.8 Å². The molecule has 0 aromatic carbocycles. The molecule has 70 valence electrons. The van der Waals surface area contributed by atoms with E-state index < -0.39 is 5.97 Å². The van der Waals surface area contributed by atoms with Crippen LogP contribution in [0, 0.1) is 6.92 Å². The van der Waals surface area contributed by atoms with Crippen molar-refractivity contribution in [2.75, 3.05) is 7.11 Å². The van der Waals surface area contributed by atoms with Crippen LogP contribution in [0.1, 0.15) is 21.9 Å². The molecular weight excluding hydrogens is 190 g/mol. The zero-order chi connectivity index (χ0) is 9.84. The molecule has 0 unspecified atom stereocenters. The van der Waals surface area contributed by atoms with E-state index in [0.29, 0.717) is 5.01 Å². The number of Topliss-reactive ketones (excluding diaryl/α,β-unsaturated/α-hetero) is 1. The number of ketones is 1. The molecular formula is C8H9NO3S. The number of hydrogen-bond donors (Lipinski definition) is 0. The van der Waals surface area contributed by atoms with Crippen LogP contribution in [0.4, 0.5) is 0 Å². The fourth-order valence-corrected chi connectivity index (χ4v) is 1.50. The van der Waals surface area contributed by atoms with Crippen LogP contribution in [0.15, 0.2) is 5.38 Å². The lowest BCUT2D eigenvalue weighted by atomic mass is 10.3. The number of thiazole rings is 1. The van der Waals surface area contributed by atoms with Crippen LogP contribution in [0.25, 0.3) is 0 Å². The molecule has 1 aromatic heterocycles. The summed E-state index contributed by atoms with van der Waals surface area (Å²) in [6.45, 7) is 1.80. The lowest BCUT2D eigenvalue weighted by Crippen LogP contribution is -2.09. The van der Waals surface area contributed by atoms with Gasteiger partial charge < -0.3 is 4.74 Å². The van der Waals surface area contributed by atoms with Crippen LogP contribution in [0.5, 0.6) is 0 Å². The maximum atomic E-state index is 11.3. The fourth-order valence-electron chi connectivity index (χ4n) is 0.761. The normalized spacial score (nSPS) is 9.69. The van der Waals surface area contributed by atoms with Gasteiger partial charge in [-0.2, -0.15) is 0 Å². The first-order valence-corrected chi connectivity index (χ1v) is 4.53. The number of ether oxygens (including phenoxy) is 1. The van der Waals surface area contributed by atoms with Crippen LogP contribution >= 0.6 is 11.3 Å². The molecule has 0 aliphatic rings. The quantitative estimate of drug-likeness (QED) is 0.417. The maximum Gasteiger partial charge on any atom is 0.313 e. The molecule has 4 nitrogen and oxygen atoms in total. The Kier molecular flexibility index (Phi) is 3.13. The van der Waals surface area contributed by atoms with Crippen molar-refractivity contribution in [2.24, 2.45) is 0 Å². The fraction of sp³-hybridized carbons (Fsp3) is 0.375. The lowest BCUT2D eigenvalue weighted by Gasteiger charge is -1.94. The van der Waals surface area contributed by atoms with E-state index in [1.807, 2.05) is 0 Å². The standard InChI is InChI=1S/C8H9NO3S/c1-5-4-13-8(9-5)6(10)3-7(11)12-2/h4H,3H2,1-2H3. The number of esters is 1. The summed E-state index contributed by atoms with van der Waals surface area (Å²) >= 11 is 1.24. The van der Waals surface area contributed by atoms with Gasteiger partial charge in [0, 0.05) is 11.1 Å². The van der Waals surface area contributed by atoms with Crippen LogP contribution in [-0.2, 0) is 9.53 Å². The highest BCUT2D eigenvalue weighted by Crippen LogP contribution is 2.11. The molecule has 0 spiro atoms. The van der Waals surface area contributed by atoms with E-state index in [4.69, 9.17) is 0 Å². The molecule has 0 saturated heterocycles. The largest absolute Gasteiger partial charge is 0.469 e. The molecule has 1 rings (SSSR count). The molecule has 0 aliphatic carbocycles. The van der Waals surface area contributed by atoms with Gasteiger partial charge in [-0.3, -0.25) is 9.59 Å². The van der Waals surface area contributed by atoms with Gasteiger partial charge in [0.2, 0.25) is 5.78 Å². The topological polar surface area (TPSA) is 56.3 Å². The first kappa shape index (κ1) is 9.85. The second-order valence-corrected chi connectivity index (χ2v) is 3.33. The van der Waals surface area contributed by atoms with Gasteiger partial charge >= 0.3 is 5.97 Å². The third-order valence-corrected chi connectivity index (χ3v) is 2.39. The number of aryl methyl sites for hydroxylation is 1. The Labute approximate surface area is 79.6 Å². The number of carbonyl (C=O) groups is 2. The van der Waals surface area contributed by atoms with Crippen molar-refractivity contribution in [3.8, 4) is 0 Å². The molecule has 0 saturated carbocycles. The monoisotopic (exact) mass is 199 g/mol. The number of hydrogen-bond acceptors (Lipinski definition) is 5. The summed E-state index contributed by atoms with van der Waals surface area (Å²) in [4.78, 5) is 26.0. The Morgan fingerprint density at radius 1 is 1.62 bits per heavy atom. The van der Waals surface area contributed by atoms with Crippen molar-refractivity contribution in [3.05, 3.63) is 16.1 Å². The molecule has 0 bridgehead atoms. The van der Waals surface area contributed by atoms with Gasteiger partial charge in [-0.05, 0) is 6.92 Å². The van der Waals surface area contributed by atoms with Crippen molar-refractivity contribution in [1.29, 1.82) is 0 Å². The summed E-state index contributed by atoms with van der Waals surface area (Å²) in [5, 5.41) is 2.13. The minimum Gasteiger partial charge on any atom is -0.469 e. The zero-order valence-corrected chi connectivity index (χ0v) is 8.18. The van der Waals surface area contributed by atoms with Crippen LogP contribution in [0.3, 0.4) is 0 Å². The minimum absolute atomic E-state index is 0.233. The van der Waals surface area contributed by atoms with Gasteiger partial charge in [-0.1, -0.05) is 0 Å². The third kappa shape index (κ3) is 2.62. The molecule has 13 heavy (non-hydrogen) atoms. The molecule has 0 radical (unpaired) electrons. The van der Waals surface area contributed by atoms with Crippen LogP contribution < -0.4 is 0 Å². The lowest BCUT2D eigenvalue weighted by molar-refractivity contribution is -0.139. The Balaban J connectivity index is 2.64. The summed E-state index contributed by atoms with van der Waals surface area (Å²) in [5.41, 5.74) is 0.790. The Morgan fingerprint density at radius 2 is 2.31 bits per heavy atom. The summed E-state index contributed by atoms with van der Waals surface area (Å²) in [7, 11) is 1.25. The Hall–Kier alpha value is -1.23. The highest BCUT2D eigenvalue weighted by Gasteiger charge is 2.14. The summed E-state index contributed by atoms with van der Waals surface area (Å²) in [5.74, 6) is -0.817. The van der Waals surface area contributed by atoms with Crippen molar-refractivity contribution < 1.29 is 14.3 Å². The van der Waals surface area contributed by atoms with Gasteiger partial charge in [-0.15, -0.1) is 11.3 Å². The van der Waals surface area contributed by atoms with E-state index in [2.05, 4.69) is 9.72 Å². The first-order valence-electron chi connectivity index (χ1n) is 3.65. The highest BCUT2D eigenvalue weighted by molar-refractivity contribution is 7.11. The van der Waals surface area contributed by atoms with Crippen molar-refractivity contribution in [2.45, 2.75) is 13.3 Å². The van der Waals surface area contributed by atoms with Gasteiger partial charge in [0.25, 0.3) is 0 Å². The first-order chi connectivity index (χ1) is 6.13. The molecule has 0 atom stereocenters. The van der Waals surface area contributed by atoms with Gasteiger partial charge in [-0.25, -0.2) is 4.98 Å². The van der Waals surface area contributed by atoms with E-state index >= 15 is 0 Å². The molecule has 0 amide bonds. The average Bonchev–Trinajstić information content (AvgIpc) is 2.51. The Bertz CT molecular complexity index is 332. The second-order valence-electron chi connectivity index (χ2n) is 2.47. The van der Waals surface area contributed by atoms with Crippen molar-refractivity contribution in [1.82, 2.24) is 4.98 Å². The molecule has 5 heteroatoms. The SMILES string of the molecule is COC(=O)CC(=O)c1nc(C)cs1. The highest BCUT2D eigenvalue weighted by atomic mass is 32.1. The van der Waals surface area contributed by atoms with E-state index in [-0.39, 0.29) is 12.2 Å². The van der Waals surface area contributed by atoms with Crippen LogP contribution in [0.2, 0.25) is 0 Å². The summed E-state index contributed by atoms with van der Waals surface area (Å²) in [6, 6.07) is 0. The average molecular weight is 199 g/mol. The molecule has 0 aliphatic heterocycles. The van der Waals surface area contributed by atoms with E-state index in [0.717, 1.165) is 5.69 Å². The minimum atomic E-state index is -0.530. The predicted octanol–water partition coefficient (Wildman–Crippen LogP) is 1.20. The summed E-state index contributed by atoms with van der Waals surface area (Å²) in [6.07, 6.45) is -0.233. The second kappa shape index (κ2) is 4.13. The molecule has 1 heterocycles. The Morgan fingerprint density at radius 3 is 2.77 bits per heavy atom. The smallest absolute Gasteiger partial charge is 0.313 e. The summed E-state index contributed by atoms with van der Waals surface area (Å²) < 4.78 is 4.37.